The summed E-state index contributed by atoms with van der Waals surface area (Å²) in [6.07, 6.45) is 5.79. The van der Waals surface area contributed by atoms with Crippen LogP contribution in [0.4, 0.5) is 5.69 Å². The SMILES string of the molecule is CCCOc1cc(/C=C/c2ccnc(-c3cccc([N+](=O)[O-])c3)[n+]2[O-])ccc1OC. The third kappa shape index (κ3) is 4.72. The van der Waals surface area contributed by atoms with Crippen LogP contribution in [0.3, 0.4) is 0 Å². The van der Waals surface area contributed by atoms with Crippen molar-refractivity contribution >= 4 is 17.8 Å². The maximum absolute atomic E-state index is 12.8. The van der Waals surface area contributed by atoms with Gasteiger partial charge in [-0.15, -0.1) is 0 Å². The second kappa shape index (κ2) is 9.51. The minimum absolute atomic E-state index is 0.0857. The molecule has 0 aliphatic rings. The van der Waals surface area contributed by atoms with Crippen LogP contribution >= 0.6 is 0 Å². The van der Waals surface area contributed by atoms with E-state index in [-0.39, 0.29) is 11.5 Å². The molecule has 8 nitrogen and oxygen atoms in total. The van der Waals surface area contributed by atoms with Crippen LogP contribution in [0.15, 0.2) is 54.7 Å². The van der Waals surface area contributed by atoms with Crippen molar-refractivity contribution in [3.05, 3.63) is 81.3 Å². The van der Waals surface area contributed by atoms with E-state index in [0.717, 1.165) is 12.0 Å². The molecule has 3 aromatic rings. The molecule has 0 N–H and O–H groups in total. The Morgan fingerprint density at radius 2 is 1.97 bits per heavy atom. The Morgan fingerprint density at radius 3 is 2.70 bits per heavy atom. The van der Waals surface area contributed by atoms with Crippen LogP contribution in [0, 0.1) is 15.3 Å². The average Bonchev–Trinajstić information content (AvgIpc) is 2.77. The number of nitro groups is 1. The molecule has 0 saturated carbocycles. The van der Waals surface area contributed by atoms with Crippen LogP contribution in [-0.2, 0) is 0 Å². The first-order valence-corrected chi connectivity index (χ1v) is 9.35. The zero-order valence-corrected chi connectivity index (χ0v) is 16.6. The summed E-state index contributed by atoms with van der Waals surface area (Å²) in [6, 6.07) is 12.9. The molecule has 2 aromatic carbocycles. The molecule has 1 heterocycles. The summed E-state index contributed by atoms with van der Waals surface area (Å²) in [5.74, 6) is 1.35. The number of rotatable bonds is 8. The maximum Gasteiger partial charge on any atom is 0.333 e. The van der Waals surface area contributed by atoms with Crippen LogP contribution in [0.5, 0.6) is 11.5 Å². The van der Waals surface area contributed by atoms with E-state index in [2.05, 4.69) is 4.98 Å². The van der Waals surface area contributed by atoms with Crippen LogP contribution < -0.4 is 14.2 Å². The monoisotopic (exact) mass is 407 g/mol. The molecule has 0 fully saturated rings. The van der Waals surface area contributed by atoms with Crippen molar-refractivity contribution in [3.8, 4) is 22.9 Å². The highest BCUT2D eigenvalue weighted by Crippen LogP contribution is 2.29. The minimum atomic E-state index is -0.510. The van der Waals surface area contributed by atoms with Crippen molar-refractivity contribution in [1.29, 1.82) is 0 Å². The molecule has 0 unspecified atom stereocenters. The summed E-state index contributed by atoms with van der Waals surface area (Å²) in [7, 11) is 1.58. The standard InChI is InChI=1S/C22H21N3O5/c1-3-13-30-21-14-16(8-10-20(21)29-2)7-9-18-11-12-23-22(24(18)26)17-5-4-6-19(15-17)25(27)28/h4-12,14-15H,3,13H2,1-2H3/b9-7+. The van der Waals surface area contributed by atoms with Gasteiger partial charge in [0.25, 0.3) is 5.69 Å². The fourth-order valence-corrected chi connectivity index (χ4v) is 2.80. The molecule has 0 aliphatic carbocycles. The Kier molecular flexibility index (Phi) is 6.59. The van der Waals surface area contributed by atoms with Gasteiger partial charge in [-0.25, -0.2) is 4.73 Å². The quantitative estimate of drug-likeness (QED) is 0.239. The number of ether oxygens (including phenoxy) is 2. The molecule has 0 spiro atoms. The lowest BCUT2D eigenvalue weighted by Gasteiger charge is -2.11. The van der Waals surface area contributed by atoms with Gasteiger partial charge in [0.1, 0.15) is 11.9 Å². The maximum atomic E-state index is 12.8. The third-order valence-electron chi connectivity index (χ3n) is 4.28. The summed E-state index contributed by atoms with van der Waals surface area (Å²) in [6.45, 7) is 2.59. The number of nitro benzene ring substituents is 1. The Bertz CT molecular complexity index is 1080. The molecule has 0 saturated heterocycles. The Hall–Kier alpha value is -3.94. The largest absolute Gasteiger partial charge is 0.710 e. The molecule has 0 atom stereocenters. The second-order valence-corrected chi connectivity index (χ2v) is 6.39. The van der Waals surface area contributed by atoms with E-state index in [1.165, 1.54) is 24.4 Å². The van der Waals surface area contributed by atoms with E-state index >= 15 is 0 Å². The van der Waals surface area contributed by atoms with Gasteiger partial charge in [0.15, 0.2) is 11.5 Å². The van der Waals surface area contributed by atoms with Gasteiger partial charge in [-0.2, -0.15) is 0 Å². The zero-order valence-electron chi connectivity index (χ0n) is 16.6. The normalized spacial score (nSPS) is 10.9. The molecule has 0 bridgehead atoms. The van der Waals surface area contributed by atoms with Gasteiger partial charge < -0.3 is 14.7 Å². The fraction of sp³-hybridized carbons (Fsp3) is 0.182. The Labute approximate surface area is 173 Å². The molecule has 8 heteroatoms. The van der Waals surface area contributed by atoms with E-state index in [1.807, 2.05) is 19.1 Å². The third-order valence-corrected chi connectivity index (χ3v) is 4.28. The lowest BCUT2D eigenvalue weighted by Crippen LogP contribution is -2.33. The van der Waals surface area contributed by atoms with E-state index in [0.29, 0.717) is 34.1 Å². The van der Waals surface area contributed by atoms with Crippen LogP contribution in [0.25, 0.3) is 23.5 Å². The van der Waals surface area contributed by atoms with Crippen molar-refractivity contribution in [2.24, 2.45) is 0 Å². The van der Waals surface area contributed by atoms with E-state index in [9.17, 15) is 15.3 Å². The van der Waals surface area contributed by atoms with Gasteiger partial charge in [0.2, 0.25) is 0 Å². The fourth-order valence-electron chi connectivity index (χ4n) is 2.80. The summed E-state index contributed by atoms with van der Waals surface area (Å²) >= 11 is 0. The van der Waals surface area contributed by atoms with Crippen molar-refractivity contribution in [1.82, 2.24) is 4.98 Å². The van der Waals surface area contributed by atoms with Crippen molar-refractivity contribution in [2.45, 2.75) is 13.3 Å². The van der Waals surface area contributed by atoms with Gasteiger partial charge in [-0.3, -0.25) is 10.1 Å². The van der Waals surface area contributed by atoms with Crippen LogP contribution in [0.1, 0.15) is 24.6 Å². The molecular weight excluding hydrogens is 386 g/mol. The highest BCUT2D eigenvalue weighted by atomic mass is 16.6. The summed E-state index contributed by atoms with van der Waals surface area (Å²) in [5, 5.41) is 23.8. The number of nitrogens with zero attached hydrogens (tertiary/aromatic N) is 3. The molecule has 30 heavy (non-hydrogen) atoms. The number of benzene rings is 2. The van der Waals surface area contributed by atoms with E-state index in [1.54, 1.807) is 37.5 Å². The average molecular weight is 407 g/mol. The number of hydrogen-bond acceptors (Lipinski definition) is 6. The van der Waals surface area contributed by atoms with Gasteiger partial charge in [0, 0.05) is 18.2 Å². The number of hydrogen-bond donors (Lipinski definition) is 0. The van der Waals surface area contributed by atoms with Crippen molar-refractivity contribution in [2.75, 3.05) is 13.7 Å². The first kappa shape index (κ1) is 20.8. The first-order chi connectivity index (χ1) is 14.5. The Balaban J connectivity index is 1.91. The lowest BCUT2D eigenvalue weighted by atomic mass is 10.1. The van der Waals surface area contributed by atoms with Crippen LogP contribution in [-0.4, -0.2) is 23.6 Å². The first-order valence-electron chi connectivity index (χ1n) is 9.35. The molecular formula is C22H21N3O5. The number of non-ortho nitro benzene ring substituents is 1. The predicted octanol–water partition coefficient (Wildman–Crippen LogP) is 4.26. The van der Waals surface area contributed by atoms with Gasteiger partial charge in [-0.05, 0) is 41.2 Å². The lowest BCUT2D eigenvalue weighted by molar-refractivity contribution is -0.598. The number of aromatic nitrogens is 2. The van der Waals surface area contributed by atoms with Gasteiger partial charge in [-0.1, -0.05) is 25.1 Å². The van der Waals surface area contributed by atoms with Gasteiger partial charge in [0.05, 0.1) is 24.2 Å². The molecule has 0 amide bonds. The van der Waals surface area contributed by atoms with Gasteiger partial charge >= 0.3 is 5.82 Å². The highest BCUT2D eigenvalue weighted by Gasteiger charge is 2.16. The van der Waals surface area contributed by atoms with Crippen molar-refractivity contribution in [3.63, 3.8) is 0 Å². The topological polar surface area (TPSA) is 101 Å². The molecule has 0 aliphatic heterocycles. The minimum Gasteiger partial charge on any atom is -0.710 e. The summed E-state index contributed by atoms with van der Waals surface area (Å²) in [5.41, 5.74) is 1.44. The molecule has 0 radical (unpaired) electrons. The predicted molar refractivity (Wildman–Crippen MR) is 113 cm³/mol. The molecule has 1 aromatic heterocycles. The summed E-state index contributed by atoms with van der Waals surface area (Å²) in [4.78, 5) is 14.6. The van der Waals surface area contributed by atoms with Crippen LogP contribution in [0.2, 0.25) is 0 Å². The van der Waals surface area contributed by atoms with Crippen molar-refractivity contribution < 1.29 is 19.1 Å². The second-order valence-electron chi connectivity index (χ2n) is 6.39. The zero-order chi connectivity index (χ0) is 21.5. The smallest absolute Gasteiger partial charge is 0.333 e. The Morgan fingerprint density at radius 1 is 1.13 bits per heavy atom. The van der Waals surface area contributed by atoms with E-state index in [4.69, 9.17) is 9.47 Å². The summed E-state index contributed by atoms with van der Waals surface area (Å²) < 4.78 is 11.7. The highest BCUT2D eigenvalue weighted by molar-refractivity contribution is 5.69. The number of methoxy groups -OCH3 is 1. The molecule has 3 rings (SSSR count). The van der Waals surface area contributed by atoms with E-state index < -0.39 is 4.92 Å². The molecule has 154 valence electrons.